The summed E-state index contributed by atoms with van der Waals surface area (Å²) >= 11 is 0. The van der Waals surface area contributed by atoms with Crippen molar-refractivity contribution in [3.63, 3.8) is 0 Å². The Hall–Kier alpha value is -3.00. The van der Waals surface area contributed by atoms with E-state index < -0.39 is 9.84 Å². The van der Waals surface area contributed by atoms with Gasteiger partial charge in [-0.15, -0.1) is 6.58 Å². The van der Waals surface area contributed by atoms with Crippen molar-refractivity contribution < 1.29 is 13.2 Å². The number of carbonyl (C=O) groups excluding carboxylic acids is 1. The summed E-state index contributed by atoms with van der Waals surface area (Å²) < 4.78 is 25.8. The molecule has 1 aliphatic rings. The van der Waals surface area contributed by atoms with E-state index in [0.29, 0.717) is 41.0 Å². The Labute approximate surface area is 175 Å². The molecule has 0 spiro atoms. The van der Waals surface area contributed by atoms with Crippen molar-refractivity contribution in [1.82, 2.24) is 20.1 Å². The largest absolute Gasteiger partial charge is 0.349 e. The maximum absolute atomic E-state index is 12.9. The van der Waals surface area contributed by atoms with Crippen LogP contribution in [0.4, 0.5) is 0 Å². The Bertz CT molecular complexity index is 1240. The lowest BCUT2D eigenvalue weighted by Gasteiger charge is -2.12. The highest BCUT2D eigenvalue weighted by atomic mass is 32.2. The van der Waals surface area contributed by atoms with Crippen molar-refractivity contribution in [2.75, 3.05) is 18.1 Å². The highest BCUT2D eigenvalue weighted by molar-refractivity contribution is 7.91. The number of nitrogens with zero attached hydrogens (tertiary/aromatic N) is 3. The van der Waals surface area contributed by atoms with E-state index in [4.69, 9.17) is 4.98 Å². The molecule has 2 aromatic heterocycles. The van der Waals surface area contributed by atoms with E-state index in [0.717, 1.165) is 11.1 Å². The van der Waals surface area contributed by atoms with Crippen LogP contribution in [0.15, 0.2) is 43.0 Å². The topological polar surface area (TPSA) is 93.9 Å². The summed E-state index contributed by atoms with van der Waals surface area (Å²) in [5.41, 5.74) is 4.32. The van der Waals surface area contributed by atoms with Crippen molar-refractivity contribution in [3.8, 4) is 11.3 Å². The molecular formula is C22H24N4O3S. The highest BCUT2D eigenvalue weighted by Crippen LogP contribution is 2.32. The van der Waals surface area contributed by atoms with Gasteiger partial charge in [0.2, 0.25) is 0 Å². The van der Waals surface area contributed by atoms with Gasteiger partial charge in [-0.3, -0.25) is 4.79 Å². The molecule has 30 heavy (non-hydrogen) atoms. The molecule has 1 amide bonds. The number of amides is 1. The second-order valence-corrected chi connectivity index (χ2v) is 9.93. The smallest absolute Gasteiger partial charge is 0.252 e. The number of nitrogens with one attached hydrogen (secondary N) is 1. The van der Waals surface area contributed by atoms with Gasteiger partial charge in [0.15, 0.2) is 15.5 Å². The van der Waals surface area contributed by atoms with Crippen LogP contribution in [-0.2, 0) is 9.84 Å². The monoisotopic (exact) mass is 424 g/mol. The van der Waals surface area contributed by atoms with Gasteiger partial charge in [0.05, 0.1) is 39.9 Å². The quantitative estimate of drug-likeness (QED) is 0.636. The summed E-state index contributed by atoms with van der Waals surface area (Å²) in [7, 11) is -3.09. The predicted octanol–water partition coefficient (Wildman–Crippen LogP) is 2.99. The number of benzene rings is 1. The van der Waals surface area contributed by atoms with Gasteiger partial charge in [0.1, 0.15) is 0 Å². The van der Waals surface area contributed by atoms with Crippen LogP contribution in [0.2, 0.25) is 0 Å². The number of hydrogen-bond donors (Lipinski definition) is 1. The Kier molecular flexibility index (Phi) is 5.19. The lowest BCUT2D eigenvalue weighted by atomic mass is 10.0. The molecule has 1 atom stereocenters. The molecule has 4 rings (SSSR count). The van der Waals surface area contributed by atoms with Gasteiger partial charge in [-0.25, -0.2) is 18.1 Å². The molecule has 1 saturated heterocycles. The van der Waals surface area contributed by atoms with Crippen LogP contribution in [0.1, 0.15) is 34.1 Å². The number of fused-ring (bicyclic) bond motifs is 1. The lowest BCUT2D eigenvalue weighted by Crippen LogP contribution is -2.23. The first kappa shape index (κ1) is 20.3. The molecule has 0 bridgehead atoms. The van der Waals surface area contributed by atoms with Gasteiger partial charge < -0.3 is 5.32 Å². The van der Waals surface area contributed by atoms with Crippen molar-refractivity contribution in [2.45, 2.75) is 26.3 Å². The summed E-state index contributed by atoms with van der Waals surface area (Å²) in [6, 6.07) is 9.40. The lowest BCUT2D eigenvalue weighted by molar-refractivity contribution is 0.0959. The summed E-state index contributed by atoms with van der Waals surface area (Å²) in [6.45, 7) is 7.82. The van der Waals surface area contributed by atoms with Gasteiger partial charge in [0.25, 0.3) is 5.91 Å². The van der Waals surface area contributed by atoms with Crippen LogP contribution in [0, 0.1) is 13.8 Å². The Balaban J connectivity index is 1.93. The van der Waals surface area contributed by atoms with Crippen LogP contribution in [0.5, 0.6) is 0 Å². The fourth-order valence-electron chi connectivity index (χ4n) is 3.85. The average molecular weight is 425 g/mol. The van der Waals surface area contributed by atoms with E-state index in [1.165, 1.54) is 0 Å². The van der Waals surface area contributed by atoms with Crippen LogP contribution < -0.4 is 5.32 Å². The van der Waals surface area contributed by atoms with Gasteiger partial charge in [0, 0.05) is 12.1 Å². The number of rotatable bonds is 5. The van der Waals surface area contributed by atoms with Gasteiger partial charge >= 0.3 is 0 Å². The Morgan fingerprint density at radius 2 is 2.03 bits per heavy atom. The first-order valence-corrected chi connectivity index (χ1v) is 11.7. The molecule has 3 heterocycles. The second-order valence-electron chi connectivity index (χ2n) is 7.71. The van der Waals surface area contributed by atoms with E-state index in [2.05, 4.69) is 17.0 Å². The molecular weight excluding hydrogens is 400 g/mol. The summed E-state index contributed by atoms with van der Waals surface area (Å²) in [4.78, 5) is 17.7. The molecule has 3 aromatic rings. The summed E-state index contributed by atoms with van der Waals surface area (Å²) in [5, 5.41) is 8.08. The first-order valence-electron chi connectivity index (χ1n) is 9.85. The molecule has 7 nitrogen and oxygen atoms in total. The number of carbonyl (C=O) groups is 1. The molecule has 1 aliphatic heterocycles. The minimum absolute atomic E-state index is 0.0393. The molecule has 0 saturated carbocycles. The summed E-state index contributed by atoms with van der Waals surface area (Å²) in [6.07, 6.45) is 2.11. The van der Waals surface area contributed by atoms with Gasteiger partial charge in [-0.2, -0.15) is 5.10 Å². The molecule has 0 aliphatic carbocycles. The number of aryl methyl sites for hydroxylation is 2. The first-order chi connectivity index (χ1) is 14.3. The zero-order valence-electron chi connectivity index (χ0n) is 17.1. The fourth-order valence-corrected chi connectivity index (χ4v) is 5.54. The molecule has 1 N–H and O–H groups in total. The Morgan fingerprint density at radius 3 is 2.67 bits per heavy atom. The molecule has 1 unspecified atom stereocenters. The zero-order valence-corrected chi connectivity index (χ0v) is 17.9. The van der Waals surface area contributed by atoms with E-state index >= 15 is 0 Å². The van der Waals surface area contributed by atoms with Crippen molar-refractivity contribution in [1.29, 1.82) is 0 Å². The maximum Gasteiger partial charge on any atom is 0.252 e. The standard InChI is InChI=1S/C22H24N4O3S/c1-4-10-23-22(27)18-12-19(16-7-5-14(2)6-8-16)24-21-20(18)15(3)25-26(21)17-9-11-30(28,29)13-17/h4-8,12,17H,1,9-11,13H2,2-3H3,(H,23,27). The third-order valence-electron chi connectivity index (χ3n) is 5.39. The van der Waals surface area contributed by atoms with Crippen LogP contribution in [0.25, 0.3) is 22.3 Å². The predicted molar refractivity (Wildman–Crippen MR) is 117 cm³/mol. The van der Waals surface area contributed by atoms with Crippen LogP contribution in [-0.4, -0.2) is 47.1 Å². The fraction of sp³-hybridized carbons (Fsp3) is 0.318. The minimum Gasteiger partial charge on any atom is -0.349 e. The SMILES string of the molecule is C=CCNC(=O)c1cc(-c2ccc(C)cc2)nc2c1c(C)nn2C1CCS(=O)(=O)C1. The molecule has 0 radical (unpaired) electrons. The highest BCUT2D eigenvalue weighted by Gasteiger charge is 2.32. The van der Waals surface area contributed by atoms with E-state index in [-0.39, 0.29) is 23.5 Å². The zero-order chi connectivity index (χ0) is 21.5. The van der Waals surface area contributed by atoms with Gasteiger partial charge in [-0.1, -0.05) is 35.9 Å². The van der Waals surface area contributed by atoms with Crippen LogP contribution >= 0.6 is 0 Å². The van der Waals surface area contributed by atoms with E-state index in [1.54, 1.807) is 16.8 Å². The second kappa shape index (κ2) is 7.68. The van der Waals surface area contributed by atoms with Crippen molar-refractivity contribution in [3.05, 3.63) is 59.8 Å². The number of aromatic nitrogens is 3. The maximum atomic E-state index is 12.9. The number of pyridine rings is 1. The molecule has 156 valence electrons. The van der Waals surface area contributed by atoms with Crippen LogP contribution in [0.3, 0.4) is 0 Å². The van der Waals surface area contributed by atoms with Crippen molar-refractivity contribution in [2.24, 2.45) is 0 Å². The third-order valence-corrected chi connectivity index (χ3v) is 7.14. The average Bonchev–Trinajstić information content (AvgIpc) is 3.25. The van der Waals surface area contributed by atoms with Crippen molar-refractivity contribution >= 4 is 26.8 Å². The number of hydrogen-bond acceptors (Lipinski definition) is 5. The van der Waals surface area contributed by atoms with E-state index in [9.17, 15) is 13.2 Å². The molecule has 8 heteroatoms. The minimum atomic E-state index is -3.09. The summed E-state index contributed by atoms with van der Waals surface area (Å²) in [5.74, 6) is -0.0580. The van der Waals surface area contributed by atoms with Gasteiger partial charge in [-0.05, 0) is 26.3 Å². The Morgan fingerprint density at radius 1 is 1.30 bits per heavy atom. The molecule has 1 fully saturated rings. The third kappa shape index (κ3) is 3.75. The normalized spacial score (nSPS) is 17.9. The molecule has 1 aromatic carbocycles. The number of sulfone groups is 1. The van der Waals surface area contributed by atoms with E-state index in [1.807, 2.05) is 38.1 Å².